The molecule has 2 fully saturated rings. The number of hydrogen-bond donors (Lipinski definition) is 2. The summed E-state index contributed by atoms with van der Waals surface area (Å²) in [6, 6.07) is 0.609. The van der Waals surface area contributed by atoms with Crippen molar-refractivity contribution in [1.82, 2.24) is 0 Å². The largest absolute Gasteiger partial charge is 0.429 e. The summed E-state index contributed by atoms with van der Waals surface area (Å²) >= 11 is 0. The van der Waals surface area contributed by atoms with E-state index in [0.29, 0.717) is 18.9 Å². The molecule has 0 saturated carbocycles. The van der Waals surface area contributed by atoms with E-state index in [9.17, 15) is 22.8 Å². The van der Waals surface area contributed by atoms with Gasteiger partial charge >= 0.3 is 14.7 Å². The Balaban J connectivity index is 2.31. The summed E-state index contributed by atoms with van der Waals surface area (Å²) in [5.41, 5.74) is -0.675. The van der Waals surface area contributed by atoms with Crippen molar-refractivity contribution >= 4 is 25.2 Å². The summed E-state index contributed by atoms with van der Waals surface area (Å²) in [6.07, 6.45) is -4.13. The summed E-state index contributed by atoms with van der Waals surface area (Å²) in [5, 5.41) is -1.71. The Kier molecular flexibility index (Phi) is 4.84. The molecular formula is C14H29F3O4Si3. The lowest BCUT2D eigenvalue weighted by molar-refractivity contribution is -0.136. The van der Waals surface area contributed by atoms with Crippen LogP contribution in [0.5, 0.6) is 0 Å². The molecule has 0 aromatic rings. The van der Waals surface area contributed by atoms with Gasteiger partial charge in [-0.1, -0.05) is 6.92 Å². The molecule has 2 heterocycles. The zero-order valence-corrected chi connectivity index (χ0v) is 18.3. The summed E-state index contributed by atoms with van der Waals surface area (Å²) in [5.74, 6) is 0. The first-order chi connectivity index (χ1) is 10.5. The lowest BCUT2D eigenvalue weighted by Gasteiger charge is -2.46. The van der Waals surface area contributed by atoms with Crippen LogP contribution in [0.15, 0.2) is 0 Å². The van der Waals surface area contributed by atoms with E-state index in [1.165, 1.54) is 0 Å². The monoisotopic (exact) mass is 402 g/mol. The third-order valence-corrected chi connectivity index (χ3v) is 15.6. The lowest BCUT2D eigenvalue weighted by Crippen LogP contribution is -2.61. The smallest absolute Gasteiger partial charge is 0.389 e. The molecule has 2 saturated heterocycles. The minimum atomic E-state index is -4.28. The third-order valence-electron chi connectivity index (χ3n) is 5.87. The predicted octanol–water partition coefficient (Wildman–Crippen LogP) is 3.58. The Morgan fingerprint density at radius 2 is 1.75 bits per heavy atom. The highest BCUT2D eigenvalue weighted by Crippen LogP contribution is 2.77. The molecule has 0 spiro atoms. The van der Waals surface area contributed by atoms with Crippen LogP contribution in [-0.2, 0) is 8.85 Å². The Bertz CT molecular complexity index is 505. The third kappa shape index (κ3) is 3.30. The predicted molar refractivity (Wildman–Crippen MR) is 92.6 cm³/mol. The van der Waals surface area contributed by atoms with Gasteiger partial charge in [-0.05, 0) is 52.0 Å². The van der Waals surface area contributed by atoms with Crippen molar-refractivity contribution in [3.8, 4) is 0 Å². The Morgan fingerprint density at radius 1 is 1.21 bits per heavy atom. The van der Waals surface area contributed by atoms with Crippen LogP contribution >= 0.6 is 0 Å². The van der Waals surface area contributed by atoms with Gasteiger partial charge in [0, 0.05) is 12.0 Å². The van der Waals surface area contributed by atoms with Gasteiger partial charge in [0.25, 0.3) is 0 Å². The lowest BCUT2D eigenvalue weighted by atomic mass is 10.1. The summed E-state index contributed by atoms with van der Waals surface area (Å²) in [6.45, 7) is 10.4. The molecule has 2 N–H and O–H groups in total. The van der Waals surface area contributed by atoms with Crippen LogP contribution in [0.1, 0.15) is 33.1 Å². The fraction of sp³-hybridized carbons (Fsp3) is 1.00. The highest BCUT2D eigenvalue weighted by Gasteiger charge is 2.90. The number of hydrogen-bond acceptors (Lipinski definition) is 4. The van der Waals surface area contributed by atoms with Crippen LogP contribution in [0, 0.1) is 0 Å². The number of rotatable bonds is 7. The van der Waals surface area contributed by atoms with E-state index in [-0.39, 0.29) is 0 Å². The fourth-order valence-corrected chi connectivity index (χ4v) is 14.7. The van der Waals surface area contributed by atoms with Crippen LogP contribution in [0.4, 0.5) is 13.2 Å². The van der Waals surface area contributed by atoms with Crippen molar-refractivity contribution < 1.29 is 31.6 Å². The zero-order valence-electron chi connectivity index (χ0n) is 15.3. The average Bonchev–Trinajstić information content (AvgIpc) is 2.66. The van der Waals surface area contributed by atoms with Gasteiger partial charge in [0.05, 0.1) is 10.4 Å². The molecule has 0 bridgehead atoms. The molecule has 0 radical (unpaired) electrons. The van der Waals surface area contributed by atoms with Crippen LogP contribution in [0.2, 0.25) is 37.8 Å². The first kappa shape index (κ1) is 20.6. The molecule has 4 unspecified atom stereocenters. The SMILES string of the molecule is CCC(C)(O[Si]12CCC1(O[Si](C)(C)O)C2CC(F)(F)F)[Si](C)(C)O. The quantitative estimate of drug-likeness (QED) is 0.639. The van der Waals surface area contributed by atoms with Crippen molar-refractivity contribution in [3.63, 3.8) is 0 Å². The zero-order chi connectivity index (χ0) is 18.8. The van der Waals surface area contributed by atoms with Gasteiger partial charge in [0.15, 0.2) is 0 Å². The minimum Gasteiger partial charge on any atom is -0.429 e. The van der Waals surface area contributed by atoms with E-state index in [4.69, 9.17) is 8.85 Å². The molecule has 10 heteroatoms. The standard InChI is InChI=1S/C14H29F3O4Si3/c1-7-12(2,22(3,4)18)20-24-9-8-13(24,21-23(5,6)19)11(24)10-14(15,16)17/h11,18-19H,7-10H2,1-6H3. The summed E-state index contributed by atoms with van der Waals surface area (Å²) in [4.78, 5) is 20.8. The van der Waals surface area contributed by atoms with E-state index in [2.05, 4.69) is 0 Å². The van der Waals surface area contributed by atoms with Gasteiger partial charge in [-0.25, -0.2) is 0 Å². The minimum absolute atomic E-state index is 0.518. The molecule has 0 amide bonds. The molecule has 4 atom stereocenters. The van der Waals surface area contributed by atoms with Crippen molar-refractivity contribution in [2.75, 3.05) is 0 Å². The van der Waals surface area contributed by atoms with Crippen LogP contribution in [-0.4, -0.2) is 51.4 Å². The molecule has 0 aromatic carbocycles. The Morgan fingerprint density at radius 3 is 2.04 bits per heavy atom. The van der Waals surface area contributed by atoms with Crippen molar-refractivity contribution in [2.45, 2.75) is 87.5 Å². The van der Waals surface area contributed by atoms with Gasteiger partial charge in [0.1, 0.15) is 0 Å². The molecular weight excluding hydrogens is 373 g/mol. The number of alkyl halides is 3. The van der Waals surface area contributed by atoms with Crippen LogP contribution in [0.3, 0.4) is 0 Å². The van der Waals surface area contributed by atoms with Crippen molar-refractivity contribution in [3.05, 3.63) is 0 Å². The van der Waals surface area contributed by atoms with Gasteiger partial charge in [-0.3, -0.25) is 0 Å². The maximum Gasteiger partial charge on any atom is 0.389 e. The fourth-order valence-electron chi connectivity index (χ4n) is 4.05. The average molecular weight is 403 g/mol. The molecule has 0 aliphatic carbocycles. The van der Waals surface area contributed by atoms with E-state index in [0.717, 1.165) is 0 Å². The molecule has 2 aliphatic heterocycles. The van der Waals surface area contributed by atoms with Gasteiger partial charge in [0.2, 0.25) is 16.6 Å². The maximum atomic E-state index is 13.1. The molecule has 24 heavy (non-hydrogen) atoms. The van der Waals surface area contributed by atoms with E-state index >= 15 is 0 Å². The van der Waals surface area contributed by atoms with E-state index < -0.39 is 53.8 Å². The number of halogens is 3. The first-order valence-electron chi connectivity index (χ1n) is 8.44. The Hall–Kier alpha value is 0.281. The Labute approximate surface area is 144 Å². The number of fused-ring (bicyclic) bond motifs is 1. The molecule has 2 rings (SSSR count). The van der Waals surface area contributed by atoms with E-state index in [1.54, 1.807) is 26.2 Å². The van der Waals surface area contributed by atoms with Gasteiger partial charge in [-0.2, -0.15) is 13.2 Å². The van der Waals surface area contributed by atoms with Crippen LogP contribution < -0.4 is 0 Å². The normalized spacial score (nSPS) is 35.9. The van der Waals surface area contributed by atoms with Gasteiger partial charge in [-0.15, -0.1) is 0 Å². The molecule has 4 nitrogen and oxygen atoms in total. The van der Waals surface area contributed by atoms with Gasteiger partial charge < -0.3 is 18.4 Å². The van der Waals surface area contributed by atoms with Crippen molar-refractivity contribution in [2.24, 2.45) is 0 Å². The second kappa shape index (κ2) is 5.64. The molecule has 0 aromatic heterocycles. The van der Waals surface area contributed by atoms with E-state index in [1.807, 2.05) is 13.8 Å². The second-order valence-electron chi connectivity index (χ2n) is 8.45. The topological polar surface area (TPSA) is 58.9 Å². The summed E-state index contributed by atoms with van der Waals surface area (Å²) in [7, 11) is -8.50. The molecule has 142 valence electrons. The highest BCUT2D eigenvalue weighted by molar-refractivity contribution is 6.94. The molecule has 2 aliphatic rings. The van der Waals surface area contributed by atoms with Crippen LogP contribution in [0.25, 0.3) is 0 Å². The highest BCUT2D eigenvalue weighted by atomic mass is 28.4. The van der Waals surface area contributed by atoms with Crippen molar-refractivity contribution in [1.29, 1.82) is 0 Å². The second-order valence-corrected chi connectivity index (χ2v) is 19.7. The summed E-state index contributed by atoms with van der Waals surface area (Å²) < 4.78 is 51.4. The first-order valence-corrected chi connectivity index (χ1v) is 16.4. The maximum absolute atomic E-state index is 13.1.